The molecule has 0 aliphatic heterocycles. The zero-order valence-electron chi connectivity index (χ0n) is 12.1. The van der Waals surface area contributed by atoms with Crippen molar-refractivity contribution in [1.82, 2.24) is 5.32 Å². The lowest BCUT2D eigenvalue weighted by atomic mass is 9.85. The lowest BCUT2D eigenvalue weighted by Crippen LogP contribution is -2.38. The van der Waals surface area contributed by atoms with Crippen molar-refractivity contribution in [2.45, 2.75) is 51.2 Å². The second-order valence-corrected chi connectivity index (χ2v) is 5.62. The van der Waals surface area contributed by atoms with Crippen LogP contribution >= 0.6 is 0 Å². The van der Waals surface area contributed by atoms with E-state index in [0.29, 0.717) is 6.54 Å². The maximum absolute atomic E-state index is 13.9. The highest BCUT2D eigenvalue weighted by atomic mass is 19.1. The van der Waals surface area contributed by atoms with Crippen molar-refractivity contribution >= 4 is 0 Å². The van der Waals surface area contributed by atoms with Crippen LogP contribution in [0.5, 0.6) is 5.75 Å². The Balaban J connectivity index is 1.92. The number of nitrogens with one attached hydrogen (secondary N) is 1. The summed E-state index contributed by atoms with van der Waals surface area (Å²) >= 11 is 0. The fourth-order valence-corrected chi connectivity index (χ4v) is 2.61. The molecule has 0 saturated heterocycles. The first-order valence-corrected chi connectivity index (χ1v) is 7.47. The molecule has 0 aromatic heterocycles. The van der Waals surface area contributed by atoms with Crippen LogP contribution in [0, 0.1) is 5.82 Å². The topological polar surface area (TPSA) is 41.5 Å². The molecule has 20 heavy (non-hydrogen) atoms. The van der Waals surface area contributed by atoms with Gasteiger partial charge in [0.15, 0.2) is 11.6 Å². The lowest BCUT2D eigenvalue weighted by molar-refractivity contribution is -0.0347. The van der Waals surface area contributed by atoms with Crippen molar-refractivity contribution in [2.24, 2.45) is 0 Å². The Bertz CT molecular complexity index is 430. The van der Waals surface area contributed by atoms with E-state index in [-0.39, 0.29) is 18.2 Å². The molecule has 0 spiro atoms. The molecule has 0 atom stereocenters. The lowest BCUT2D eigenvalue weighted by Gasteiger charge is -2.31. The molecular weight excluding hydrogens is 257 g/mol. The molecule has 112 valence electrons. The number of hydrogen-bond donors (Lipinski definition) is 2. The van der Waals surface area contributed by atoms with Crippen LogP contribution in [0.1, 0.15) is 44.6 Å². The van der Waals surface area contributed by atoms with Crippen LogP contribution in [-0.4, -0.2) is 23.9 Å². The van der Waals surface area contributed by atoms with Crippen molar-refractivity contribution in [3.8, 4) is 5.75 Å². The summed E-state index contributed by atoms with van der Waals surface area (Å²) in [4.78, 5) is 0. The molecule has 0 amide bonds. The first kappa shape index (κ1) is 15.3. The van der Waals surface area contributed by atoms with Crippen LogP contribution in [0.25, 0.3) is 0 Å². The predicted octanol–water partition coefficient (Wildman–Crippen LogP) is 3.01. The van der Waals surface area contributed by atoms with Crippen LogP contribution in [-0.2, 0) is 6.54 Å². The van der Waals surface area contributed by atoms with E-state index in [4.69, 9.17) is 4.74 Å². The van der Waals surface area contributed by atoms with Gasteiger partial charge in [-0.15, -0.1) is 0 Å². The van der Waals surface area contributed by atoms with Crippen molar-refractivity contribution in [3.63, 3.8) is 0 Å². The molecule has 0 heterocycles. The van der Waals surface area contributed by atoms with E-state index in [1.165, 1.54) is 6.07 Å². The zero-order chi connectivity index (χ0) is 14.4. The van der Waals surface area contributed by atoms with E-state index in [9.17, 15) is 9.50 Å². The second kappa shape index (κ2) is 7.04. The molecule has 1 saturated carbocycles. The van der Waals surface area contributed by atoms with E-state index >= 15 is 0 Å². The Morgan fingerprint density at radius 1 is 1.30 bits per heavy atom. The largest absolute Gasteiger partial charge is 0.488 e. The maximum atomic E-state index is 13.9. The van der Waals surface area contributed by atoms with Crippen molar-refractivity contribution < 1.29 is 14.2 Å². The van der Waals surface area contributed by atoms with Gasteiger partial charge in [0.1, 0.15) is 6.61 Å². The number of halogens is 1. The quantitative estimate of drug-likeness (QED) is 0.842. The number of aliphatic hydroxyl groups is 1. The minimum atomic E-state index is -0.785. The van der Waals surface area contributed by atoms with Crippen molar-refractivity contribution in [2.75, 3.05) is 13.2 Å². The van der Waals surface area contributed by atoms with Gasteiger partial charge in [0.25, 0.3) is 0 Å². The van der Waals surface area contributed by atoms with Gasteiger partial charge >= 0.3 is 0 Å². The normalized spacial score (nSPS) is 17.9. The Morgan fingerprint density at radius 2 is 2.05 bits per heavy atom. The SMILES string of the molecule is CCNCc1ccc(OCC2(O)CCCCC2)c(F)c1. The van der Waals surface area contributed by atoms with Crippen LogP contribution in [0.15, 0.2) is 18.2 Å². The summed E-state index contributed by atoms with van der Waals surface area (Å²) in [6.45, 7) is 3.69. The van der Waals surface area contributed by atoms with Crippen molar-refractivity contribution in [1.29, 1.82) is 0 Å². The third-order valence-corrected chi connectivity index (χ3v) is 3.86. The van der Waals surface area contributed by atoms with E-state index < -0.39 is 5.60 Å². The van der Waals surface area contributed by atoms with Gasteiger partial charge in [0.2, 0.25) is 0 Å². The van der Waals surface area contributed by atoms with Crippen LogP contribution < -0.4 is 10.1 Å². The molecule has 1 aromatic carbocycles. The minimum Gasteiger partial charge on any atom is -0.488 e. The second-order valence-electron chi connectivity index (χ2n) is 5.62. The summed E-state index contributed by atoms with van der Waals surface area (Å²) in [5, 5.41) is 13.5. The average Bonchev–Trinajstić information content (AvgIpc) is 2.45. The molecule has 2 rings (SSSR count). The summed E-state index contributed by atoms with van der Waals surface area (Å²) in [7, 11) is 0. The van der Waals surface area contributed by atoms with Crippen LogP contribution in [0.2, 0.25) is 0 Å². The van der Waals surface area contributed by atoms with Gasteiger partial charge in [-0.1, -0.05) is 32.3 Å². The summed E-state index contributed by atoms with van der Waals surface area (Å²) < 4.78 is 19.4. The smallest absolute Gasteiger partial charge is 0.165 e. The van der Waals surface area contributed by atoms with Gasteiger partial charge < -0.3 is 15.2 Å². The maximum Gasteiger partial charge on any atom is 0.165 e. The zero-order valence-corrected chi connectivity index (χ0v) is 12.1. The molecule has 4 heteroatoms. The van der Waals surface area contributed by atoms with Gasteiger partial charge in [0, 0.05) is 6.54 Å². The minimum absolute atomic E-state index is 0.177. The monoisotopic (exact) mass is 281 g/mol. The van der Waals surface area contributed by atoms with E-state index in [1.807, 2.05) is 13.0 Å². The van der Waals surface area contributed by atoms with Gasteiger partial charge in [0.05, 0.1) is 5.60 Å². The molecule has 1 aromatic rings. The highest BCUT2D eigenvalue weighted by molar-refractivity contribution is 5.29. The van der Waals surface area contributed by atoms with Crippen molar-refractivity contribution in [3.05, 3.63) is 29.6 Å². The Labute approximate surface area is 120 Å². The molecule has 1 aliphatic carbocycles. The van der Waals surface area contributed by atoms with Gasteiger partial charge in [-0.3, -0.25) is 0 Å². The average molecular weight is 281 g/mol. The molecule has 0 radical (unpaired) electrons. The fraction of sp³-hybridized carbons (Fsp3) is 0.625. The summed E-state index contributed by atoms with van der Waals surface area (Å²) in [6, 6.07) is 4.99. The molecular formula is C16H24FNO2. The third kappa shape index (κ3) is 4.18. The number of ether oxygens (including phenoxy) is 1. The number of hydrogen-bond acceptors (Lipinski definition) is 3. The summed E-state index contributed by atoms with van der Waals surface area (Å²) in [5.41, 5.74) is 0.112. The van der Waals surface area contributed by atoms with Crippen LogP contribution in [0.4, 0.5) is 4.39 Å². The number of rotatable bonds is 6. The standard InChI is InChI=1S/C16H24FNO2/c1-2-18-11-13-6-7-15(14(17)10-13)20-12-16(19)8-4-3-5-9-16/h6-7,10,18-19H,2-5,8-9,11-12H2,1H3. The van der Waals surface area contributed by atoms with E-state index in [0.717, 1.165) is 44.2 Å². The molecule has 2 N–H and O–H groups in total. The van der Waals surface area contributed by atoms with Crippen LogP contribution in [0.3, 0.4) is 0 Å². The first-order chi connectivity index (χ1) is 9.63. The fourth-order valence-electron chi connectivity index (χ4n) is 2.61. The molecule has 1 fully saturated rings. The highest BCUT2D eigenvalue weighted by Gasteiger charge is 2.30. The third-order valence-electron chi connectivity index (χ3n) is 3.86. The molecule has 1 aliphatic rings. The Morgan fingerprint density at radius 3 is 2.70 bits per heavy atom. The Hall–Kier alpha value is -1.13. The summed E-state index contributed by atoms with van der Waals surface area (Å²) in [6.07, 6.45) is 4.68. The van der Waals surface area contributed by atoms with Gasteiger partial charge in [-0.25, -0.2) is 4.39 Å². The Kier molecular flexibility index (Phi) is 5.38. The molecule has 3 nitrogen and oxygen atoms in total. The highest BCUT2D eigenvalue weighted by Crippen LogP contribution is 2.29. The first-order valence-electron chi connectivity index (χ1n) is 7.47. The van der Waals surface area contributed by atoms with E-state index in [2.05, 4.69) is 5.32 Å². The summed E-state index contributed by atoms with van der Waals surface area (Å²) in [5.74, 6) is -0.135. The van der Waals surface area contributed by atoms with Gasteiger partial charge in [-0.05, 0) is 37.1 Å². The molecule has 0 unspecified atom stereocenters. The molecule has 0 bridgehead atoms. The van der Waals surface area contributed by atoms with E-state index in [1.54, 1.807) is 6.07 Å². The van der Waals surface area contributed by atoms with Gasteiger partial charge in [-0.2, -0.15) is 0 Å². The predicted molar refractivity (Wildman–Crippen MR) is 77.3 cm³/mol. The number of benzene rings is 1.